The third-order valence-electron chi connectivity index (χ3n) is 4.41. The van der Waals surface area contributed by atoms with Gasteiger partial charge in [-0.3, -0.25) is 9.36 Å². The molecule has 1 aliphatic heterocycles. The van der Waals surface area contributed by atoms with Gasteiger partial charge in [-0.2, -0.15) is 17.5 Å². The van der Waals surface area contributed by atoms with Crippen LogP contribution in [0.2, 0.25) is 0 Å². The van der Waals surface area contributed by atoms with E-state index in [0.29, 0.717) is 32.9 Å². The van der Waals surface area contributed by atoms with Gasteiger partial charge in [0.05, 0.1) is 23.1 Å². The maximum Gasteiger partial charge on any atom is 0.431 e. The minimum atomic E-state index is -4.81. The van der Waals surface area contributed by atoms with Crippen molar-refractivity contribution >= 4 is 21.6 Å². The van der Waals surface area contributed by atoms with Crippen LogP contribution in [0.15, 0.2) is 33.9 Å². The summed E-state index contributed by atoms with van der Waals surface area (Å²) in [5, 5.41) is 0.607. The van der Waals surface area contributed by atoms with Crippen molar-refractivity contribution in [1.82, 2.24) is 13.5 Å². The lowest BCUT2D eigenvalue weighted by Gasteiger charge is -2.14. The number of nitrogens with zero attached hydrogens (tertiary/aromatic N) is 3. The molecule has 1 aliphatic rings. The second-order valence-corrected chi connectivity index (χ2v) is 7.21. The molecule has 0 spiro atoms. The van der Waals surface area contributed by atoms with Crippen molar-refractivity contribution in [2.75, 3.05) is 6.61 Å². The summed E-state index contributed by atoms with van der Waals surface area (Å²) in [6.07, 6.45) is -5.59. The average Bonchev–Trinajstić information content (AvgIpc) is 3.22. The topological polar surface area (TPSA) is 75.4 Å². The Balaban J connectivity index is 1.88. The zero-order valence-corrected chi connectivity index (χ0v) is 15.5. The fourth-order valence-corrected chi connectivity index (χ4v) is 3.82. The Labute approximate surface area is 159 Å². The molecule has 2 unspecified atom stereocenters. The standard InChI is InChI=1S/C17H14F3N3O4S/c1-8-7-26-15(27-8)14-10-5-9(3-4-11(10)28-21-14)23-13(24)6-12(17(18,19)20)22(2)16(23)25/h3-6,8,15H,7H2,1-2H3. The van der Waals surface area contributed by atoms with Gasteiger partial charge in [-0.15, -0.1) is 0 Å². The van der Waals surface area contributed by atoms with Crippen molar-refractivity contribution in [2.24, 2.45) is 7.05 Å². The van der Waals surface area contributed by atoms with E-state index >= 15 is 0 Å². The molecule has 148 valence electrons. The first-order valence-electron chi connectivity index (χ1n) is 8.24. The highest BCUT2D eigenvalue weighted by atomic mass is 32.1. The number of rotatable bonds is 2. The van der Waals surface area contributed by atoms with Crippen LogP contribution in [0, 0.1) is 0 Å². The highest BCUT2D eigenvalue weighted by Gasteiger charge is 2.35. The molecule has 11 heteroatoms. The van der Waals surface area contributed by atoms with Crippen molar-refractivity contribution in [2.45, 2.75) is 25.5 Å². The predicted molar refractivity (Wildman–Crippen MR) is 94.7 cm³/mol. The molecule has 0 bridgehead atoms. The average molecular weight is 413 g/mol. The molecule has 0 amide bonds. The maximum atomic E-state index is 13.0. The first kappa shape index (κ1) is 18.8. The summed E-state index contributed by atoms with van der Waals surface area (Å²) in [6, 6.07) is 5.07. The van der Waals surface area contributed by atoms with Crippen LogP contribution in [-0.4, -0.2) is 26.2 Å². The van der Waals surface area contributed by atoms with Crippen LogP contribution in [0.25, 0.3) is 15.8 Å². The second-order valence-electron chi connectivity index (χ2n) is 6.40. The Bertz CT molecular complexity index is 1180. The number of benzene rings is 1. The van der Waals surface area contributed by atoms with Gasteiger partial charge in [-0.05, 0) is 36.7 Å². The number of alkyl halides is 3. The fraction of sp³-hybridized carbons (Fsp3) is 0.353. The third-order valence-corrected chi connectivity index (χ3v) is 5.25. The van der Waals surface area contributed by atoms with Crippen LogP contribution < -0.4 is 11.2 Å². The first-order chi connectivity index (χ1) is 13.2. The summed E-state index contributed by atoms with van der Waals surface area (Å²) in [6.45, 7) is 2.26. The molecule has 3 heterocycles. The minimum absolute atomic E-state index is 0.102. The van der Waals surface area contributed by atoms with Crippen LogP contribution >= 0.6 is 11.5 Å². The lowest BCUT2D eigenvalue weighted by molar-refractivity contribution is -0.144. The molecular weight excluding hydrogens is 399 g/mol. The normalized spacial score (nSPS) is 20.2. The SMILES string of the molecule is CC1COC(c2nsc3ccc(-n4c(=O)cc(C(F)(F)F)n(C)c4=O)cc23)O1. The van der Waals surface area contributed by atoms with E-state index in [1.165, 1.54) is 23.7 Å². The Morgan fingerprint density at radius 2 is 2.00 bits per heavy atom. The molecule has 0 N–H and O–H groups in total. The lowest BCUT2D eigenvalue weighted by atomic mass is 10.2. The first-order valence-corrected chi connectivity index (χ1v) is 9.01. The van der Waals surface area contributed by atoms with Crippen molar-refractivity contribution in [3.8, 4) is 5.69 Å². The summed E-state index contributed by atoms with van der Waals surface area (Å²) >= 11 is 1.19. The third kappa shape index (κ3) is 3.05. The zero-order valence-electron chi connectivity index (χ0n) is 14.7. The Kier molecular flexibility index (Phi) is 4.40. The van der Waals surface area contributed by atoms with Crippen molar-refractivity contribution in [3.05, 3.63) is 56.5 Å². The molecule has 3 aromatic rings. The predicted octanol–water partition coefficient (Wildman–Crippen LogP) is 2.60. The van der Waals surface area contributed by atoms with Crippen LogP contribution in [0.3, 0.4) is 0 Å². The van der Waals surface area contributed by atoms with E-state index in [2.05, 4.69) is 4.37 Å². The molecule has 0 radical (unpaired) electrons. The van der Waals surface area contributed by atoms with Gasteiger partial charge in [0.1, 0.15) is 11.4 Å². The van der Waals surface area contributed by atoms with Crippen molar-refractivity contribution < 1.29 is 22.6 Å². The van der Waals surface area contributed by atoms with Gasteiger partial charge >= 0.3 is 11.9 Å². The van der Waals surface area contributed by atoms with E-state index < -0.39 is 29.4 Å². The minimum Gasteiger partial charge on any atom is -0.344 e. The molecule has 0 aliphatic carbocycles. The summed E-state index contributed by atoms with van der Waals surface area (Å²) in [5.41, 5.74) is -2.82. The number of hydrogen-bond acceptors (Lipinski definition) is 6. The maximum absolute atomic E-state index is 13.0. The molecule has 0 saturated carbocycles. The molecule has 28 heavy (non-hydrogen) atoms. The highest BCUT2D eigenvalue weighted by Crippen LogP contribution is 2.34. The number of halogens is 3. The molecule has 7 nitrogen and oxygen atoms in total. The van der Waals surface area contributed by atoms with Crippen molar-refractivity contribution in [3.63, 3.8) is 0 Å². The summed E-state index contributed by atoms with van der Waals surface area (Å²) in [7, 11) is 0.971. The van der Waals surface area contributed by atoms with Gasteiger partial charge in [0, 0.05) is 18.5 Å². The van der Waals surface area contributed by atoms with Gasteiger partial charge in [-0.25, -0.2) is 9.36 Å². The van der Waals surface area contributed by atoms with Crippen LogP contribution in [0.1, 0.15) is 24.6 Å². The Hall–Kier alpha value is -2.50. The quantitative estimate of drug-likeness (QED) is 0.646. The lowest BCUT2D eigenvalue weighted by Crippen LogP contribution is -2.40. The van der Waals surface area contributed by atoms with E-state index in [1.54, 1.807) is 6.07 Å². The van der Waals surface area contributed by atoms with Gasteiger partial charge in [-0.1, -0.05) is 0 Å². The molecule has 2 atom stereocenters. The van der Waals surface area contributed by atoms with Gasteiger partial charge in [0.25, 0.3) is 5.56 Å². The van der Waals surface area contributed by atoms with E-state index in [4.69, 9.17) is 9.47 Å². The molecule has 4 rings (SSSR count). The van der Waals surface area contributed by atoms with Crippen LogP contribution in [-0.2, 0) is 22.7 Å². The highest BCUT2D eigenvalue weighted by molar-refractivity contribution is 7.13. The van der Waals surface area contributed by atoms with Gasteiger partial charge < -0.3 is 9.47 Å². The molecule has 2 aromatic heterocycles. The number of ether oxygens (including phenoxy) is 2. The molecule has 1 aromatic carbocycles. The van der Waals surface area contributed by atoms with E-state index in [9.17, 15) is 22.8 Å². The monoisotopic (exact) mass is 413 g/mol. The van der Waals surface area contributed by atoms with E-state index in [-0.39, 0.29) is 11.8 Å². The van der Waals surface area contributed by atoms with Crippen molar-refractivity contribution in [1.29, 1.82) is 0 Å². The van der Waals surface area contributed by atoms with Crippen LogP contribution in [0.5, 0.6) is 0 Å². The Morgan fingerprint density at radius 3 is 2.64 bits per heavy atom. The summed E-state index contributed by atoms with van der Waals surface area (Å²) in [5.74, 6) is 0. The number of hydrogen-bond donors (Lipinski definition) is 0. The number of fused-ring (bicyclic) bond motifs is 1. The summed E-state index contributed by atoms with van der Waals surface area (Å²) < 4.78 is 56.4. The Morgan fingerprint density at radius 1 is 1.25 bits per heavy atom. The van der Waals surface area contributed by atoms with E-state index in [1.807, 2.05) is 6.92 Å². The molecule has 1 fully saturated rings. The zero-order chi connectivity index (χ0) is 20.2. The fourth-order valence-electron chi connectivity index (χ4n) is 3.05. The second kappa shape index (κ2) is 6.54. The molecule has 1 saturated heterocycles. The van der Waals surface area contributed by atoms with Gasteiger partial charge in [0.15, 0.2) is 0 Å². The summed E-state index contributed by atoms with van der Waals surface area (Å²) in [4.78, 5) is 24.8. The van der Waals surface area contributed by atoms with Gasteiger partial charge in [0.2, 0.25) is 6.29 Å². The molecular formula is C17H14F3N3O4S. The smallest absolute Gasteiger partial charge is 0.344 e. The van der Waals surface area contributed by atoms with Crippen LogP contribution in [0.4, 0.5) is 13.2 Å². The largest absolute Gasteiger partial charge is 0.431 e. The van der Waals surface area contributed by atoms with E-state index in [0.717, 1.165) is 11.7 Å². The number of aromatic nitrogens is 3.